The maximum Gasteiger partial charge on any atom is 0.167 e. The summed E-state index contributed by atoms with van der Waals surface area (Å²) in [4.78, 5) is 12.7. The van der Waals surface area contributed by atoms with E-state index in [1.807, 2.05) is 25.1 Å². The second kappa shape index (κ2) is 5.28. The highest BCUT2D eigenvalue weighted by Crippen LogP contribution is 2.49. The molecule has 0 heterocycles. The first-order valence-corrected chi connectivity index (χ1v) is 7.95. The Hall–Kier alpha value is -0.830. The molecule has 2 bridgehead atoms. The Morgan fingerprint density at radius 2 is 2.21 bits per heavy atom. The molecule has 102 valence electrons. The topological polar surface area (TPSA) is 26.3 Å². The second-order valence-electron chi connectivity index (χ2n) is 5.72. The number of carbonyl (C=O) groups is 1. The average Bonchev–Trinajstić information content (AvgIpc) is 3.01. The van der Waals surface area contributed by atoms with Crippen molar-refractivity contribution in [1.29, 1.82) is 0 Å². The van der Waals surface area contributed by atoms with Crippen LogP contribution >= 0.6 is 15.9 Å². The Morgan fingerprint density at radius 3 is 2.79 bits per heavy atom. The third kappa shape index (κ3) is 2.45. The fourth-order valence-corrected chi connectivity index (χ4v) is 4.27. The Labute approximate surface area is 122 Å². The molecule has 0 N–H and O–H groups in total. The van der Waals surface area contributed by atoms with Crippen molar-refractivity contribution in [2.24, 2.45) is 17.8 Å². The van der Waals surface area contributed by atoms with Gasteiger partial charge in [0.2, 0.25) is 0 Å². The summed E-state index contributed by atoms with van der Waals surface area (Å²) in [5, 5.41) is 0. The SMILES string of the molecule is CCOc1ccc(C(=O)C2CC3CCC2C3)c(Br)c1. The molecular formula is C16H19BrO2. The molecule has 2 aliphatic rings. The van der Waals surface area contributed by atoms with Crippen molar-refractivity contribution in [2.45, 2.75) is 32.6 Å². The Bertz CT molecular complexity index is 498. The van der Waals surface area contributed by atoms with Gasteiger partial charge in [-0.3, -0.25) is 4.79 Å². The largest absolute Gasteiger partial charge is 0.494 e. The van der Waals surface area contributed by atoms with Crippen molar-refractivity contribution in [3.8, 4) is 5.75 Å². The number of benzene rings is 1. The molecule has 2 fully saturated rings. The van der Waals surface area contributed by atoms with Gasteiger partial charge in [-0.2, -0.15) is 0 Å². The van der Waals surface area contributed by atoms with Crippen LogP contribution < -0.4 is 4.74 Å². The van der Waals surface area contributed by atoms with E-state index in [-0.39, 0.29) is 5.92 Å². The van der Waals surface area contributed by atoms with Gasteiger partial charge in [0.1, 0.15) is 5.75 Å². The molecule has 3 heteroatoms. The first kappa shape index (κ1) is 13.2. The molecule has 3 rings (SSSR count). The summed E-state index contributed by atoms with van der Waals surface area (Å²) in [5.74, 6) is 2.84. The molecule has 3 atom stereocenters. The lowest BCUT2D eigenvalue weighted by Gasteiger charge is -2.21. The zero-order valence-corrected chi connectivity index (χ0v) is 12.8. The van der Waals surface area contributed by atoms with E-state index in [0.29, 0.717) is 18.3 Å². The number of fused-ring (bicyclic) bond motifs is 2. The number of hydrogen-bond acceptors (Lipinski definition) is 2. The number of halogens is 1. The van der Waals surface area contributed by atoms with Crippen molar-refractivity contribution < 1.29 is 9.53 Å². The quantitative estimate of drug-likeness (QED) is 0.764. The summed E-state index contributed by atoms with van der Waals surface area (Å²) in [6.45, 7) is 2.61. The maximum absolute atomic E-state index is 12.7. The molecule has 1 aromatic rings. The fourth-order valence-electron chi connectivity index (χ4n) is 3.72. The molecule has 0 aliphatic heterocycles. The molecule has 2 aliphatic carbocycles. The van der Waals surface area contributed by atoms with Gasteiger partial charge in [-0.25, -0.2) is 0 Å². The van der Waals surface area contributed by atoms with E-state index in [1.54, 1.807) is 0 Å². The molecule has 0 aromatic heterocycles. The van der Waals surface area contributed by atoms with Crippen molar-refractivity contribution in [3.63, 3.8) is 0 Å². The summed E-state index contributed by atoms with van der Waals surface area (Å²) in [7, 11) is 0. The third-order valence-electron chi connectivity index (χ3n) is 4.59. The van der Waals surface area contributed by atoms with E-state index >= 15 is 0 Å². The number of carbonyl (C=O) groups excluding carboxylic acids is 1. The molecule has 3 unspecified atom stereocenters. The lowest BCUT2D eigenvalue weighted by Crippen LogP contribution is -2.21. The number of rotatable bonds is 4. The smallest absolute Gasteiger partial charge is 0.167 e. The van der Waals surface area contributed by atoms with Crippen LogP contribution in [0, 0.1) is 17.8 Å². The van der Waals surface area contributed by atoms with Crippen molar-refractivity contribution >= 4 is 21.7 Å². The van der Waals surface area contributed by atoms with Crippen LogP contribution in [0.2, 0.25) is 0 Å². The highest BCUT2D eigenvalue weighted by molar-refractivity contribution is 9.10. The highest BCUT2D eigenvalue weighted by Gasteiger charge is 2.43. The van der Waals surface area contributed by atoms with Crippen LogP contribution in [0.5, 0.6) is 5.75 Å². The summed E-state index contributed by atoms with van der Waals surface area (Å²) in [6.07, 6.45) is 4.95. The van der Waals surface area contributed by atoms with Crippen LogP contribution in [0.4, 0.5) is 0 Å². The van der Waals surface area contributed by atoms with Gasteiger partial charge in [0, 0.05) is 16.0 Å². The van der Waals surface area contributed by atoms with Crippen molar-refractivity contribution in [1.82, 2.24) is 0 Å². The van der Waals surface area contributed by atoms with Crippen molar-refractivity contribution in [3.05, 3.63) is 28.2 Å². The minimum absolute atomic E-state index is 0.257. The lowest BCUT2D eigenvalue weighted by atomic mass is 9.83. The van der Waals surface area contributed by atoms with Crippen LogP contribution in [0.3, 0.4) is 0 Å². The number of ketones is 1. The van der Waals surface area contributed by atoms with E-state index in [4.69, 9.17) is 4.74 Å². The average molecular weight is 323 g/mol. The summed E-state index contributed by atoms with van der Waals surface area (Å²) in [5.41, 5.74) is 0.820. The van der Waals surface area contributed by atoms with E-state index < -0.39 is 0 Å². The molecule has 0 saturated heterocycles. The van der Waals surface area contributed by atoms with E-state index in [0.717, 1.165) is 28.1 Å². The Balaban J connectivity index is 1.80. The van der Waals surface area contributed by atoms with Gasteiger partial charge in [0.05, 0.1) is 6.61 Å². The van der Waals surface area contributed by atoms with Gasteiger partial charge >= 0.3 is 0 Å². The van der Waals surface area contributed by atoms with E-state index in [1.165, 1.54) is 19.3 Å². The zero-order chi connectivity index (χ0) is 13.4. The minimum Gasteiger partial charge on any atom is -0.494 e. The minimum atomic E-state index is 0.257. The molecule has 1 aromatic carbocycles. The normalized spacial score (nSPS) is 28.6. The van der Waals surface area contributed by atoms with E-state index in [2.05, 4.69) is 15.9 Å². The van der Waals surface area contributed by atoms with E-state index in [9.17, 15) is 4.79 Å². The van der Waals surface area contributed by atoms with Crippen LogP contribution in [-0.4, -0.2) is 12.4 Å². The third-order valence-corrected chi connectivity index (χ3v) is 5.25. The van der Waals surface area contributed by atoms with Crippen LogP contribution in [0.15, 0.2) is 22.7 Å². The Kier molecular flexibility index (Phi) is 3.66. The molecule has 0 spiro atoms. The standard InChI is InChI=1S/C16H19BrO2/c1-2-19-12-5-6-13(15(17)9-12)16(18)14-8-10-3-4-11(14)7-10/h5-6,9-11,14H,2-4,7-8H2,1H3. The van der Waals surface area contributed by atoms with Gasteiger partial charge in [0.25, 0.3) is 0 Å². The predicted molar refractivity (Wildman–Crippen MR) is 78.6 cm³/mol. The van der Waals surface area contributed by atoms with Gasteiger partial charge in [-0.05, 0) is 72.2 Å². The molecule has 19 heavy (non-hydrogen) atoms. The molecule has 0 radical (unpaired) electrons. The molecular weight excluding hydrogens is 304 g/mol. The summed E-state index contributed by atoms with van der Waals surface area (Å²) in [6, 6.07) is 5.71. The monoisotopic (exact) mass is 322 g/mol. The Morgan fingerprint density at radius 1 is 1.37 bits per heavy atom. The van der Waals surface area contributed by atoms with Gasteiger partial charge in [0.15, 0.2) is 5.78 Å². The number of ether oxygens (including phenoxy) is 1. The predicted octanol–water partition coefficient (Wildman–Crippen LogP) is 4.47. The summed E-state index contributed by atoms with van der Waals surface area (Å²) >= 11 is 3.52. The first-order chi connectivity index (χ1) is 9.19. The van der Waals surface area contributed by atoms with Gasteiger partial charge in [-0.1, -0.05) is 6.42 Å². The molecule has 2 nitrogen and oxygen atoms in total. The maximum atomic E-state index is 12.7. The second-order valence-corrected chi connectivity index (χ2v) is 6.57. The number of Topliss-reactive ketones (excluding diaryl/α,β-unsaturated/α-hetero) is 1. The highest BCUT2D eigenvalue weighted by atomic mass is 79.9. The first-order valence-electron chi connectivity index (χ1n) is 7.15. The lowest BCUT2D eigenvalue weighted by molar-refractivity contribution is 0.0874. The number of hydrogen-bond donors (Lipinski definition) is 0. The van der Waals surface area contributed by atoms with Crippen LogP contribution in [0.1, 0.15) is 43.0 Å². The van der Waals surface area contributed by atoms with Crippen LogP contribution in [0.25, 0.3) is 0 Å². The summed E-state index contributed by atoms with van der Waals surface area (Å²) < 4.78 is 6.32. The van der Waals surface area contributed by atoms with Gasteiger partial charge < -0.3 is 4.74 Å². The fraction of sp³-hybridized carbons (Fsp3) is 0.562. The van der Waals surface area contributed by atoms with Gasteiger partial charge in [-0.15, -0.1) is 0 Å². The molecule has 0 amide bonds. The van der Waals surface area contributed by atoms with Crippen molar-refractivity contribution in [2.75, 3.05) is 6.61 Å². The molecule has 2 saturated carbocycles. The van der Waals surface area contributed by atoms with Crippen LogP contribution in [-0.2, 0) is 0 Å². The zero-order valence-electron chi connectivity index (χ0n) is 11.2.